The van der Waals surface area contributed by atoms with E-state index in [1.807, 2.05) is 0 Å². The monoisotopic (exact) mass is 353 g/mol. The van der Waals surface area contributed by atoms with Gasteiger partial charge in [-0.05, 0) is 30.3 Å². The summed E-state index contributed by atoms with van der Waals surface area (Å²) in [6.07, 6.45) is 0. The van der Waals surface area contributed by atoms with E-state index in [0.29, 0.717) is 16.3 Å². The summed E-state index contributed by atoms with van der Waals surface area (Å²) in [5.41, 5.74) is 0.936. The molecule has 2 aromatic rings. The van der Waals surface area contributed by atoms with Gasteiger partial charge in [-0.3, -0.25) is 4.79 Å². The van der Waals surface area contributed by atoms with Gasteiger partial charge >= 0.3 is 5.97 Å². The molecule has 120 valence electrons. The molecule has 23 heavy (non-hydrogen) atoms. The first-order chi connectivity index (χ1) is 11.0. The van der Waals surface area contributed by atoms with Crippen molar-refractivity contribution in [1.29, 1.82) is 0 Å². The first-order valence-corrected chi connectivity index (χ1v) is 7.24. The van der Waals surface area contributed by atoms with Crippen molar-refractivity contribution in [1.82, 2.24) is 0 Å². The van der Waals surface area contributed by atoms with Crippen molar-refractivity contribution < 1.29 is 19.1 Å². The normalized spacial score (nSPS) is 10.1. The van der Waals surface area contributed by atoms with Crippen LogP contribution in [0, 0.1) is 0 Å². The van der Waals surface area contributed by atoms with Crippen molar-refractivity contribution in [2.75, 3.05) is 19.5 Å². The molecule has 0 aromatic heterocycles. The number of rotatable bonds is 4. The number of ether oxygens (including phenoxy) is 2. The minimum atomic E-state index is -0.496. The van der Waals surface area contributed by atoms with Gasteiger partial charge in [0.25, 0.3) is 5.91 Å². The molecule has 0 aliphatic heterocycles. The number of benzene rings is 2. The highest BCUT2D eigenvalue weighted by Crippen LogP contribution is 2.32. The number of halogens is 2. The summed E-state index contributed by atoms with van der Waals surface area (Å²) in [5, 5.41) is 3.20. The number of nitrogens with one attached hydrogen (secondary N) is 1. The van der Waals surface area contributed by atoms with E-state index < -0.39 is 11.9 Å². The number of hydrogen-bond donors (Lipinski definition) is 1. The molecule has 0 radical (unpaired) electrons. The maximum atomic E-state index is 12.4. The summed E-state index contributed by atoms with van der Waals surface area (Å²) in [5.74, 6) is -0.740. The van der Waals surface area contributed by atoms with Gasteiger partial charge in [0.15, 0.2) is 0 Å². The highest BCUT2D eigenvalue weighted by molar-refractivity contribution is 6.36. The van der Waals surface area contributed by atoms with Crippen molar-refractivity contribution in [2.24, 2.45) is 0 Å². The van der Waals surface area contributed by atoms with Crippen molar-refractivity contribution in [3.63, 3.8) is 0 Å². The zero-order chi connectivity index (χ0) is 17.0. The Morgan fingerprint density at radius 1 is 1.09 bits per heavy atom. The van der Waals surface area contributed by atoms with Crippen molar-refractivity contribution in [3.8, 4) is 5.75 Å². The summed E-state index contributed by atoms with van der Waals surface area (Å²) in [7, 11) is 2.69. The van der Waals surface area contributed by atoms with Crippen LogP contribution in [0.5, 0.6) is 5.75 Å². The molecule has 1 N–H and O–H groups in total. The Kier molecular flexibility index (Phi) is 5.47. The van der Waals surface area contributed by atoms with Gasteiger partial charge in [-0.25, -0.2) is 4.79 Å². The lowest BCUT2D eigenvalue weighted by molar-refractivity contribution is 0.0600. The van der Waals surface area contributed by atoms with Crippen LogP contribution in [0.1, 0.15) is 20.7 Å². The molecule has 0 unspecified atom stereocenters. The van der Waals surface area contributed by atoms with Gasteiger partial charge in [0, 0.05) is 10.7 Å². The van der Waals surface area contributed by atoms with E-state index in [-0.39, 0.29) is 16.3 Å². The minimum Gasteiger partial charge on any atom is -0.494 e. The Bertz CT molecular complexity index is 762. The third kappa shape index (κ3) is 3.94. The third-order valence-electron chi connectivity index (χ3n) is 3.00. The smallest absolute Gasteiger partial charge is 0.337 e. The first-order valence-electron chi connectivity index (χ1n) is 6.49. The molecular formula is C16H13Cl2NO4. The van der Waals surface area contributed by atoms with Gasteiger partial charge in [-0.15, -0.1) is 0 Å². The van der Waals surface area contributed by atoms with E-state index in [0.717, 1.165) is 0 Å². The molecular weight excluding hydrogens is 341 g/mol. The first kappa shape index (κ1) is 17.1. The quantitative estimate of drug-likeness (QED) is 0.842. The molecule has 0 aliphatic carbocycles. The predicted octanol–water partition coefficient (Wildman–Crippen LogP) is 4.04. The number of esters is 1. The SMILES string of the molecule is COC(=O)c1cccc(NC(=O)c2cc(Cl)cc(Cl)c2OC)c1. The van der Waals surface area contributed by atoms with Crippen LogP contribution >= 0.6 is 23.2 Å². The second-order valence-corrected chi connectivity index (χ2v) is 5.34. The predicted molar refractivity (Wildman–Crippen MR) is 88.7 cm³/mol. The Hall–Kier alpha value is -2.24. The zero-order valence-corrected chi connectivity index (χ0v) is 13.9. The van der Waals surface area contributed by atoms with E-state index in [4.69, 9.17) is 27.9 Å². The van der Waals surface area contributed by atoms with E-state index >= 15 is 0 Å². The Morgan fingerprint density at radius 2 is 1.83 bits per heavy atom. The minimum absolute atomic E-state index is 0.188. The Balaban J connectivity index is 2.31. The van der Waals surface area contributed by atoms with Crippen LogP contribution in [0.15, 0.2) is 36.4 Å². The van der Waals surface area contributed by atoms with Crippen molar-refractivity contribution in [2.45, 2.75) is 0 Å². The number of carbonyl (C=O) groups is 2. The van der Waals surface area contributed by atoms with Gasteiger partial charge in [-0.2, -0.15) is 0 Å². The van der Waals surface area contributed by atoms with Gasteiger partial charge in [0.2, 0.25) is 0 Å². The molecule has 7 heteroatoms. The molecule has 2 aromatic carbocycles. The Morgan fingerprint density at radius 3 is 2.48 bits per heavy atom. The Labute approximate surface area is 143 Å². The van der Waals surface area contributed by atoms with E-state index in [9.17, 15) is 9.59 Å². The van der Waals surface area contributed by atoms with E-state index in [2.05, 4.69) is 10.1 Å². The van der Waals surface area contributed by atoms with Gasteiger partial charge in [-0.1, -0.05) is 29.3 Å². The van der Waals surface area contributed by atoms with Crippen LogP contribution < -0.4 is 10.1 Å². The molecule has 0 bridgehead atoms. The van der Waals surface area contributed by atoms with Crippen molar-refractivity contribution >= 4 is 40.8 Å². The molecule has 0 heterocycles. The molecule has 0 saturated carbocycles. The van der Waals surface area contributed by atoms with Crippen LogP contribution in [0.25, 0.3) is 0 Å². The van der Waals surface area contributed by atoms with Crippen LogP contribution in [-0.4, -0.2) is 26.1 Å². The number of carbonyl (C=O) groups excluding carboxylic acids is 2. The zero-order valence-electron chi connectivity index (χ0n) is 12.4. The molecule has 0 fully saturated rings. The number of hydrogen-bond acceptors (Lipinski definition) is 4. The van der Waals surface area contributed by atoms with Gasteiger partial charge < -0.3 is 14.8 Å². The lowest BCUT2D eigenvalue weighted by Gasteiger charge is -2.12. The summed E-state index contributed by atoms with van der Waals surface area (Å²) in [6, 6.07) is 9.29. The molecule has 0 atom stereocenters. The second-order valence-electron chi connectivity index (χ2n) is 4.49. The summed E-state index contributed by atoms with van der Waals surface area (Å²) in [4.78, 5) is 23.9. The van der Waals surface area contributed by atoms with Crippen LogP contribution in [0.3, 0.4) is 0 Å². The largest absolute Gasteiger partial charge is 0.494 e. The molecule has 5 nitrogen and oxygen atoms in total. The van der Waals surface area contributed by atoms with Crippen LogP contribution in [0.2, 0.25) is 10.0 Å². The fraction of sp³-hybridized carbons (Fsp3) is 0.125. The third-order valence-corrected chi connectivity index (χ3v) is 3.50. The van der Waals surface area contributed by atoms with E-state index in [1.165, 1.54) is 32.4 Å². The second kappa shape index (κ2) is 7.35. The summed E-state index contributed by atoms with van der Waals surface area (Å²) >= 11 is 11.9. The molecule has 1 amide bonds. The number of methoxy groups -OCH3 is 2. The summed E-state index contributed by atoms with van der Waals surface area (Å²) < 4.78 is 9.79. The lowest BCUT2D eigenvalue weighted by Crippen LogP contribution is -2.14. The molecule has 0 spiro atoms. The van der Waals surface area contributed by atoms with Crippen LogP contribution in [0.4, 0.5) is 5.69 Å². The highest BCUT2D eigenvalue weighted by atomic mass is 35.5. The fourth-order valence-corrected chi connectivity index (χ4v) is 2.55. The molecule has 2 rings (SSSR count). The maximum Gasteiger partial charge on any atom is 0.337 e. The number of anilines is 1. The van der Waals surface area contributed by atoms with Crippen LogP contribution in [-0.2, 0) is 4.74 Å². The standard InChI is InChI=1S/C16H13Cl2NO4/c1-22-14-12(7-10(17)8-13(14)18)15(20)19-11-5-3-4-9(6-11)16(21)23-2/h3-8H,1-2H3,(H,19,20). The van der Waals surface area contributed by atoms with Crippen molar-refractivity contribution in [3.05, 3.63) is 57.6 Å². The molecule has 0 saturated heterocycles. The highest BCUT2D eigenvalue weighted by Gasteiger charge is 2.17. The topological polar surface area (TPSA) is 64.6 Å². The number of amides is 1. The van der Waals surface area contributed by atoms with E-state index in [1.54, 1.807) is 18.2 Å². The molecule has 0 aliphatic rings. The van der Waals surface area contributed by atoms with Gasteiger partial charge in [0.05, 0.1) is 30.4 Å². The maximum absolute atomic E-state index is 12.4. The average molecular weight is 354 g/mol. The summed E-state index contributed by atoms with van der Waals surface area (Å²) in [6.45, 7) is 0. The van der Waals surface area contributed by atoms with Gasteiger partial charge in [0.1, 0.15) is 5.75 Å². The lowest BCUT2D eigenvalue weighted by atomic mass is 10.1. The average Bonchev–Trinajstić information content (AvgIpc) is 2.53. The fourth-order valence-electron chi connectivity index (χ4n) is 1.98.